The summed E-state index contributed by atoms with van der Waals surface area (Å²) >= 11 is 0. The summed E-state index contributed by atoms with van der Waals surface area (Å²) in [7, 11) is -8.74. The van der Waals surface area contributed by atoms with Gasteiger partial charge in [0, 0.05) is 5.69 Å². The first kappa shape index (κ1) is 25.8. The van der Waals surface area contributed by atoms with Crippen molar-refractivity contribution >= 4 is 39.0 Å². The van der Waals surface area contributed by atoms with E-state index in [9.17, 15) is 26.4 Å². The highest BCUT2D eigenvalue weighted by atomic mass is 32.2. The first-order chi connectivity index (χ1) is 17.3. The number of aromatic amines is 2. The van der Waals surface area contributed by atoms with Crippen molar-refractivity contribution in [3.63, 3.8) is 0 Å². The SMILES string of the molecule is C=c1[nH]n(-c2ccc(S(=O)(=O)O)cc2)c(=O)/c1=C\C=C\c1c(C)[nH]n(-c2ccc(S(=O)(=O)O)cc2)c1=O. The second-order valence-corrected chi connectivity index (χ2v) is 10.7. The summed E-state index contributed by atoms with van der Waals surface area (Å²) in [5.74, 6) is 0. The lowest BCUT2D eigenvalue weighted by Gasteiger charge is -2.02. The Kier molecular flexibility index (Phi) is 6.51. The van der Waals surface area contributed by atoms with Gasteiger partial charge in [0.25, 0.3) is 31.4 Å². The van der Waals surface area contributed by atoms with Crippen molar-refractivity contribution in [1.29, 1.82) is 0 Å². The van der Waals surface area contributed by atoms with Gasteiger partial charge in [-0.05, 0) is 67.6 Å². The summed E-state index contributed by atoms with van der Waals surface area (Å²) in [6, 6.07) is 10.0. The van der Waals surface area contributed by atoms with Crippen molar-refractivity contribution < 1.29 is 25.9 Å². The number of hydrogen-bond donors (Lipinski definition) is 4. The number of H-pyrrole nitrogens is 2. The van der Waals surface area contributed by atoms with Crippen LogP contribution in [0.15, 0.2) is 74.0 Å². The molecular weight excluding hydrogens is 524 g/mol. The third-order valence-electron chi connectivity index (χ3n) is 5.43. The van der Waals surface area contributed by atoms with Crippen molar-refractivity contribution in [1.82, 2.24) is 19.6 Å². The Balaban J connectivity index is 1.66. The monoisotopic (exact) mass is 544 g/mol. The maximum absolute atomic E-state index is 12.9. The maximum atomic E-state index is 12.9. The van der Waals surface area contributed by atoms with Crippen LogP contribution in [0.2, 0.25) is 0 Å². The third-order valence-corrected chi connectivity index (χ3v) is 7.17. The van der Waals surface area contributed by atoms with Crippen molar-refractivity contribution in [2.75, 3.05) is 0 Å². The molecule has 2 aromatic carbocycles. The number of aryl methyl sites for hydroxylation is 1. The fourth-order valence-corrected chi connectivity index (χ4v) is 4.52. The quantitative estimate of drug-likeness (QED) is 0.251. The Bertz CT molecular complexity index is 1980. The van der Waals surface area contributed by atoms with Crippen LogP contribution >= 0.6 is 0 Å². The first-order valence-electron chi connectivity index (χ1n) is 10.4. The predicted octanol–water partition coefficient (Wildman–Crippen LogP) is 0.351. The molecule has 0 fully saturated rings. The van der Waals surface area contributed by atoms with Gasteiger partial charge in [0.15, 0.2) is 0 Å². The number of benzene rings is 2. The zero-order valence-corrected chi connectivity index (χ0v) is 20.7. The molecule has 0 amide bonds. The molecule has 2 aromatic heterocycles. The van der Waals surface area contributed by atoms with Crippen LogP contribution in [0.5, 0.6) is 0 Å². The van der Waals surface area contributed by atoms with Gasteiger partial charge in [-0.2, -0.15) is 16.8 Å². The molecule has 4 N–H and O–H groups in total. The van der Waals surface area contributed by atoms with Crippen LogP contribution in [0.1, 0.15) is 11.3 Å². The number of hydrogen-bond acceptors (Lipinski definition) is 6. The number of rotatable bonds is 6. The number of nitrogens with one attached hydrogen (secondary N) is 2. The minimum absolute atomic E-state index is 0.199. The van der Waals surface area contributed by atoms with E-state index < -0.39 is 31.4 Å². The van der Waals surface area contributed by atoms with E-state index in [0.29, 0.717) is 17.1 Å². The molecule has 14 heteroatoms. The maximum Gasteiger partial charge on any atom is 0.294 e. The molecule has 0 unspecified atom stereocenters. The molecular formula is C23H20N4O8S2. The summed E-state index contributed by atoms with van der Waals surface area (Å²) < 4.78 is 65.5. The summed E-state index contributed by atoms with van der Waals surface area (Å²) in [6.45, 7) is 5.47. The molecule has 37 heavy (non-hydrogen) atoms. The lowest BCUT2D eigenvalue weighted by molar-refractivity contribution is 0.481. The third kappa shape index (κ3) is 5.17. The van der Waals surface area contributed by atoms with E-state index in [4.69, 9.17) is 9.11 Å². The Labute approximate surface area is 209 Å². The van der Waals surface area contributed by atoms with Gasteiger partial charge in [0.05, 0.1) is 37.3 Å². The van der Waals surface area contributed by atoms with Gasteiger partial charge in [-0.15, -0.1) is 0 Å². The molecule has 0 spiro atoms. The zero-order valence-electron chi connectivity index (χ0n) is 19.1. The highest BCUT2D eigenvalue weighted by Gasteiger charge is 2.13. The van der Waals surface area contributed by atoms with Crippen LogP contribution in [0.3, 0.4) is 0 Å². The molecule has 0 atom stereocenters. The lowest BCUT2D eigenvalue weighted by Crippen LogP contribution is -2.33. The van der Waals surface area contributed by atoms with Gasteiger partial charge < -0.3 is 0 Å². The average molecular weight is 545 g/mol. The van der Waals surface area contributed by atoms with E-state index in [-0.39, 0.29) is 25.9 Å². The summed E-state index contributed by atoms with van der Waals surface area (Å²) in [5, 5.41) is 6.14. The molecule has 0 bridgehead atoms. The second kappa shape index (κ2) is 9.33. The minimum atomic E-state index is -4.37. The topological polar surface area (TPSA) is 184 Å². The van der Waals surface area contributed by atoms with Crippen LogP contribution in [-0.2, 0) is 20.2 Å². The summed E-state index contributed by atoms with van der Waals surface area (Å²) in [6.07, 6.45) is 4.45. The van der Waals surface area contributed by atoms with E-state index in [2.05, 4.69) is 16.8 Å². The predicted molar refractivity (Wildman–Crippen MR) is 135 cm³/mol. The zero-order chi connectivity index (χ0) is 27.1. The van der Waals surface area contributed by atoms with Crippen molar-refractivity contribution in [3.8, 4) is 11.4 Å². The summed E-state index contributed by atoms with van der Waals surface area (Å²) in [4.78, 5) is 25.1. The molecule has 12 nitrogen and oxygen atoms in total. The molecule has 0 saturated heterocycles. The molecule has 0 aliphatic heterocycles. The van der Waals surface area contributed by atoms with E-state index >= 15 is 0 Å². The Hall–Kier alpha value is -4.24. The normalized spacial score (nSPS) is 13.0. The Morgan fingerprint density at radius 3 is 1.70 bits per heavy atom. The van der Waals surface area contributed by atoms with E-state index in [1.165, 1.54) is 59.3 Å². The molecule has 4 aromatic rings. The smallest absolute Gasteiger partial charge is 0.294 e. The Morgan fingerprint density at radius 1 is 0.784 bits per heavy atom. The highest BCUT2D eigenvalue weighted by molar-refractivity contribution is 7.86. The number of aromatic nitrogens is 4. The largest absolute Gasteiger partial charge is 0.295 e. The Morgan fingerprint density at radius 2 is 1.24 bits per heavy atom. The van der Waals surface area contributed by atoms with Crippen molar-refractivity contribution in [2.24, 2.45) is 0 Å². The number of nitrogens with zero attached hydrogens (tertiary/aromatic N) is 2. The molecule has 0 radical (unpaired) electrons. The van der Waals surface area contributed by atoms with E-state index in [0.717, 1.165) is 16.8 Å². The van der Waals surface area contributed by atoms with E-state index in [1.54, 1.807) is 6.92 Å². The lowest BCUT2D eigenvalue weighted by atomic mass is 10.2. The average Bonchev–Trinajstić information content (AvgIpc) is 3.28. The van der Waals surface area contributed by atoms with Gasteiger partial charge in [-0.25, -0.2) is 9.36 Å². The highest BCUT2D eigenvalue weighted by Crippen LogP contribution is 2.14. The molecule has 0 aliphatic rings. The van der Waals surface area contributed by atoms with Crippen molar-refractivity contribution in [3.05, 3.63) is 97.1 Å². The van der Waals surface area contributed by atoms with Gasteiger partial charge in [-0.1, -0.05) is 12.7 Å². The van der Waals surface area contributed by atoms with E-state index in [1.807, 2.05) is 0 Å². The number of allylic oxidation sites excluding steroid dienone is 1. The second-order valence-electron chi connectivity index (χ2n) is 7.90. The van der Waals surface area contributed by atoms with Gasteiger partial charge in [0.2, 0.25) is 0 Å². The molecule has 2 heterocycles. The van der Waals surface area contributed by atoms with Crippen molar-refractivity contribution in [2.45, 2.75) is 16.7 Å². The minimum Gasteiger partial charge on any atom is -0.295 e. The van der Waals surface area contributed by atoms with Crippen LogP contribution in [0, 0.1) is 6.92 Å². The van der Waals surface area contributed by atoms with Gasteiger partial charge in [-0.3, -0.25) is 28.9 Å². The van der Waals surface area contributed by atoms with Crippen LogP contribution in [-0.4, -0.2) is 45.5 Å². The standard InChI is InChI=1S/C23H20N4O8S2/c1-14-20(22(28)26(24-14)16-6-10-18(11-7-16)36(30,31)32)4-3-5-21-15(2)25-27(23(21)29)17-8-12-19(13-9-17)37(33,34)35/h3-13,24-25H,1H2,2H3,(H,30,31,32)(H,33,34,35)/b5-3+,20-4-. The van der Waals surface area contributed by atoms with Crippen LogP contribution in [0.4, 0.5) is 0 Å². The first-order valence-corrected chi connectivity index (χ1v) is 13.3. The molecule has 0 saturated carbocycles. The fraction of sp³-hybridized carbons (Fsp3) is 0.0435. The van der Waals surface area contributed by atoms with Crippen LogP contribution < -0.4 is 21.7 Å². The van der Waals surface area contributed by atoms with Gasteiger partial charge in [0.1, 0.15) is 0 Å². The summed E-state index contributed by atoms with van der Waals surface area (Å²) in [5.41, 5.74) is 0.553. The fourth-order valence-electron chi connectivity index (χ4n) is 3.56. The van der Waals surface area contributed by atoms with Crippen LogP contribution in [0.25, 0.3) is 30.1 Å². The van der Waals surface area contributed by atoms with Gasteiger partial charge >= 0.3 is 0 Å². The molecule has 0 aliphatic carbocycles. The molecule has 4 rings (SSSR count). The molecule has 192 valence electrons.